The molecule has 0 amide bonds. The fourth-order valence-corrected chi connectivity index (χ4v) is 8.47. The summed E-state index contributed by atoms with van der Waals surface area (Å²) in [6.45, 7) is 0. The molecule has 0 aliphatic heterocycles. The average molecular weight is 720 g/mol. The van der Waals surface area contributed by atoms with Gasteiger partial charge in [-0.25, -0.2) is 15.0 Å². The lowest BCUT2D eigenvalue weighted by atomic mass is 9.95. The smallest absolute Gasteiger partial charge is 0.164 e. The van der Waals surface area contributed by atoms with E-state index in [1.807, 2.05) is 29.5 Å². The minimum atomic E-state index is 0.622. The number of aromatic nitrogens is 3. The van der Waals surface area contributed by atoms with Gasteiger partial charge in [-0.05, 0) is 87.0 Å². The Kier molecular flexibility index (Phi) is 8.36. The summed E-state index contributed by atoms with van der Waals surface area (Å²) in [7, 11) is 0. The van der Waals surface area contributed by atoms with Crippen LogP contribution in [0.2, 0.25) is 0 Å². The second kappa shape index (κ2) is 14.1. The maximum absolute atomic E-state index is 5.24. The van der Waals surface area contributed by atoms with Crippen molar-refractivity contribution in [2.75, 3.05) is 0 Å². The van der Waals surface area contributed by atoms with Crippen molar-refractivity contribution in [1.29, 1.82) is 0 Å². The first-order chi connectivity index (χ1) is 27.2. The molecule has 10 rings (SSSR count). The Bertz CT molecular complexity index is 2910. The fourth-order valence-electron chi connectivity index (χ4n) is 7.33. The SMILES string of the molecule is c1ccc(-c2cccc(-c3nc(-c4cccc(-c5ccc6c(c5)sc5ccccc56)c4)nc(-c4cc(-c5ccccc5)cc(-c5ccccc5)c4)n3)c2)cc1. The molecule has 0 fully saturated rings. The predicted molar refractivity (Wildman–Crippen MR) is 231 cm³/mol. The second-order valence-corrected chi connectivity index (χ2v) is 14.8. The van der Waals surface area contributed by atoms with Gasteiger partial charge in [0.05, 0.1) is 0 Å². The van der Waals surface area contributed by atoms with E-state index in [1.54, 1.807) is 0 Å². The van der Waals surface area contributed by atoms with Crippen LogP contribution in [0, 0.1) is 0 Å². The van der Waals surface area contributed by atoms with Gasteiger partial charge >= 0.3 is 0 Å². The minimum absolute atomic E-state index is 0.622. The minimum Gasteiger partial charge on any atom is -0.208 e. The summed E-state index contributed by atoms with van der Waals surface area (Å²) in [5.74, 6) is 1.87. The maximum Gasteiger partial charge on any atom is 0.164 e. The number of nitrogens with zero attached hydrogens (tertiary/aromatic N) is 3. The average Bonchev–Trinajstić information content (AvgIpc) is 3.65. The van der Waals surface area contributed by atoms with E-state index in [0.717, 1.165) is 61.2 Å². The van der Waals surface area contributed by atoms with Crippen LogP contribution in [0.1, 0.15) is 0 Å². The highest BCUT2D eigenvalue weighted by Gasteiger charge is 2.16. The van der Waals surface area contributed by atoms with E-state index in [4.69, 9.17) is 15.0 Å². The summed E-state index contributed by atoms with van der Waals surface area (Å²) in [5.41, 5.74) is 11.8. The van der Waals surface area contributed by atoms with Crippen LogP contribution in [-0.2, 0) is 0 Å². The molecule has 0 saturated heterocycles. The van der Waals surface area contributed by atoms with E-state index in [9.17, 15) is 0 Å². The van der Waals surface area contributed by atoms with Crippen LogP contribution in [0.25, 0.3) is 98.8 Å². The van der Waals surface area contributed by atoms with E-state index in [1.165, 1.54) is 20.2 Å². The number of hydrogen-bond acceptors (Lipinski definition) is 4. The van der Waals surface area contributed by atoms with E-state index in [0.29, 0.717) is 17.5 Å². The molecule has 2 heterocycles. The van der Waals surface area contributed by atoms with Crippen LogP contribution in [0.5, 0.6) is 0 Å². The molecule has 0 aliphatic rings. The zero-order valence-electron chi connectivity index (χ0n) is 29.8. The summed E-state index contributed by atoms with van der Waals surface area (Å²) in [6.07, 6.45) is 0. The summed E-state index contributed by atoms with van der Waals surface area (Å²) < 4.78 is 2.58. The Hall–Kier alpha value is -7.01. The van der Waals surface area contributed by atoms with Gasteiger partial charge in [0.25, 0.3) is 0 Å². The molecule has 0 radical (unpaired) electrons. The number of benzene rings is 8. The van der Waals surface area contributed by atoms with Crippen LogP contribution in [0.15, 0.2) is 200 Å². The Labute approximate surface area is 323 Å². The summed E-state index contributed by atoms with van der Waals surface area (Å²) >= 11 is 1.84. The van der Waals surface area contributed by atoms with Crippen LogP contribution < -0.4 is 0 Å². The molecule has 3 nitrogen and oxygen atoms in total. The van der Waals surface area contributed by atoms with Gasteiger partial charge in [0.15, 0.2) is 17.5 Å². The molecule has 0 atom stereocenters. The van der Waals surface area contributed by atoms with Crippen molar-refractivity contribution in [3.8, 4) is 78.7 Å². The molecule has 258 valence electrons. The first kappa shape index (κ1) is 32.6. The molecule has 0 saturated carbocycles. The Morgan fingerprint density at radius 2 is 0.618 bits per heavy atom. The molecule has 0 unspecified atom stereocenters. The topological polar surface area (TPSA) is 38.7 Å². The van der Waals surface area contributed by atoms with Gasteiger partial charge in [-0.15, -0.1) is 11.3 Å². The van der Waals surface area contributed by atoms with Crippen molar-refractivity contribution >= 4 is 31.5 Å². The van der Waals surface area contributed by atoms with Gasteiger partial charge in [-0.2, -0.15) is 0 Å². The lowest BCUT2D eigenvalue weighted by Gasteiger charge is -2.13. The van der Waals surface area contributed by atoms with Crippen molar-refractivity contribution in [3.05, 3.63) is 200 Å². The van der Waals surface area contributed by atoms with Gasteiger partial charge in [0.1, 0.15) is 0 Å². The number of rotatable bonds is 7. The van der Waals surface area contributed by atoms with Gasteiger partial charge in [-0.3, -0.25) is 0 Å². The number of hydrogen-bond donors (Lipinski definition) is 0. The van der Waals surface area contributed by atoms with Crippen LogP contribution in [0.3, 0.4) is 0 Å². The standard InChI is InChI=1S/C51H33N3S/c1-4-14-34(15-5-1)37-20-12-22-40(28-37)49-52-50(41-23-13-21-38(29-41)39-26-27-46-45-24-10-11-25-47(45)55-48(46)33-39)54-51(53-49)44-31-42(35-16-6-2-7-17-35)30-43(32-44)36-18-8-3-9-19-36/h1-33H. The summed E-state index contributed by atoms with van der Waals surface area (Å²) in [4.78, 5) is 15.7. The zero-order valence-corrected chi connectivity index (χ0v) is 30.6. The fraction of sp³-hybridized carbons (Fsp3) is 0. The molecule has 10 aromatic rings. The third-order valence-corrected chi connectivity index (χ3v) is 11.2. The molecule has 55 heavy (non-hydrogen) atoms. The van der Waals surface area contributed by atoms with E-state index in [-0.39, 0.29) is 0 Å². The van der Waals surface area contributed by atoms with Crippen molar-refractivity contribution in [2.45, 2.75) is 0 Å². The first-order valence-electron chi connectivity index (χ1n) is 18.4. The van der Waals surface area contributed by atoms with Gasteiger partial charge < -0.3 is 0 Å². The van der Waals surface area contributed by atoms with Gasteiger partial charge in [0, 0.05) is 36.9 Å². The first-order valence-corrected chi connectivity index (χ1v) is 19.2. The van der Waals surface area contributed by atoms with Crippen molar-refractivity contribution in [1.82, 2.24) is 15.0 Å². The van der Waals surface area contributed by atoms with E-state index < -0.39 is 0 Å². The molecule has 8 aromatic carbocycles. The molecule has 0 bridgehead atoms. The Morgan fingerprint density at radius 1 is 0.236 bits per heavy atom. The molecular weight excluding hydrogens is 687 g/mol. The predicted octanol–water partition coefficient (Wildman–Crippen LogP) is 13.9. The molecule has 2 aromatic heterocycles. The van der Waals surface area contributed by atoms with Crippen molar-refractivity contribution < 1.29 is 0 Å². The lowest BCUT2D eigenvalue weighted by Crippen LogP contribution is -2.01. The van der Waals surface area contributed by atoms with Crippen molar-refractivity contribution in [2.24, 2.45) is 0 Å². The largest absolute Gasteiger partial charge is 0.208 e. The highest BCUT2D eigenvalue weighted by Crippen LogP contribution is 2.38. The Balaban J connectivity index is 1.14. The lowest BCUT2D eigenvalue weighted by molar-refractivity contribution is 1.07. The van der Waals surface area contributed by atoms with Gasteiger partial charge in [0.2, 0.25) is 0 Å². The monoisotopic (exact) mass is 719 g/mol. The quantitative estimate of drug-likeness (QED) is 0.165. The normalized spacial score (nSPS) is 11.3. The highest BCUT2D eigenvalue weighted by atomic mass is 32.1. The third-order valence-electron chi connectivity index (χ3n) is 10.1. The summed E-state index contributed by atoms with van der Waals surface area (Å²) in [5, 5.41) is 2.59. The maximum atomic E-state index is 5.24. The van der Waals surface area contributed by atoms with E-state index in [2.05, 4.69) is 182 Å². The van der Waals surface area contributed by atoms with Gasteiger partial charge in [-0.1, -0.05) is 158 Å². The third kappa shape index (κ3) is 6.50. The molecule has 0 aliphatic carbocycles. The Morgan fingerprint density at radius 3 is 1.20 bits per heavy atom. The molecule has 4 heteroatoms. The molecule has 0 spiro atoms. The zero-order chi connectivity index (χ0) is 36.6. The summed E-state index contributed by atoms with van der Waals surface area (Å²) in [6, 6.07) is 70.5. The number of fused-ring (bicyclic) bond motifs is 3. The highest BCUT2D eigenvalue weighted by molar-refractivity contribution is 7.25. The number of thiophene rings is 1. The van der Waals surface area contributed by atoms with Crippen LogP contribution >= 0.6 is 11.3 Å². The molecule has 0 N–H and O–H groups in total. The van der Waals surface area contributed by atoms with Crippen molar-refractivity contribution in [3.63, 3.8) is 0 Å². The molecular formula is C51H33N3S. The van der Waals surface area contributed by atoms with Crippen LogP contribution in [0.4, 0.5) is 0 Å². The van der Waals surface area contributed by atoms with E-state index >= 15 is 0 Å². The van der Waals surface area contributed by atoms with Crippen LogP contribution in [-0.4, -0.2) is 15.0 Å². The second-order valence-electron chi connectivity index (χ2n) is 13.7.